The van der Waals surface area contributed by atoms with Crippen molar-refractivity contribution in [3.63, 3.8) is 0 Å². The van der Waals surface area contributed by atoms with Gasteiger partial charge < -0.3 is 10.1 Å². The number of rotatable bonds is 8. The monoisotopic (exact) mass is 400 g/mol. The van der Waals surface area contributed by atoms with Crippen LogP contribution in [-0.2, 0) is 9.53 Å². The first-order valence-electron chi connectivity index (χ1n) is 8.77. The fourth-order valence-electron chi connectivity index (χ4n) is 2.73. The van der Waals surface area contributed by atoms with Gasteiger partial charge in [-0.15, -0.1) is 10.2 Å². The predicted octanol–water partition coefficient (Wildman–Crippen LogP) is 3.32. The van der Waals surface area contributed by atoms with Gasteiger partial charge in [-0.3, -0.25) is 9.36 Å². The van der Waals surface area contributed by atoms with Crippen LogP contribution in [0, 0.1) is 5.82 Å². The summed E-state index contributed by atoms with van der Waals surface area (Å²) in [6.45, 7) is 2.31. The highest BCUT2D eigenvalue weighted by atomic mass is 32.2. The van der Waals surface area contributed by atoms with Crippen molar-refractivity contribution >= 4 is 17.7 Å². The minimum Gasteiger partial charge on any atom is -0.383 e. The molecule has 1 heterocycles. The number of benzene rings is 2. The molecule has 1 atom stereocenters. The number of aromatic nitrogens is 3. The van der Waals surface area contributed by atoms with Crippen LogP contribution in [0.1, 0.15) is 6.92 Å². The summed E-state index contributed by atoms with van der Waals surface area (Å²) < 4.78 is 21.1. The highest BCUT2D eigenvalue weighted by Gasteiger charge is 2.19. The van der Waals surface area contributed by atoms with Gasteiger partial charge in [0.15, 0.2) is 11.0 Å². The molecule has 1 amide bonds. The summed E-state index contributed by atoms with van der Waals surface area (Å²) >= 11 is 1.25. The number of hydrogen-bond acceptors (Lipinski definition) is 5. The van der Waals surface area contributed by atoms with Crippen LogP contribution in [-0.4, -0.2) is 46.2 Å². The maximum Gasteiger partial charge on any atom is 0.230 e. The summed E-state index contributed by atoms with van der Waals surface area (Å²) in [5, 5.41) is 11.8. The molecule has 0 saturated heterocycles. The average Bonchev–Trinajstić information content (AvgIpc) is 3.11. The van der Waals surface area contributed by atoms with Gasteiger partial charge in [-0.2, -0.15) is 0 Å². The van der Waals surface area contributed by atoms with Crippen LogP contribution >= 0.6 is 11.8 Å². The van der Waals surface area contributed by atoms with E-state index in [2.05, 4.69) is 15.5 Å². The SMILES string of the molecule is COCC(C)NC(=O)CSc1nnc(-c2ccccc2F)n1-c1ccccc1. The zero-order valence-corrected chi connectivity index (χ0v) is 16.4. The smallest absolute Gasteiger partial charge is 0.230 e. The van der Waals surface area contributed by atoms with Gasteiger partial charge in [0.1, 0.15) is 5.82 Å². The van der Waals surface area contributed by atoms with E-state index in [0.29, 0.717) is 23.2 Å². The van der Waals surface area contributed by atoms with E-state index in [1.54, 1.807) is 29.9 Å². The number of ether oxygens (including phenoxy) is 1. The second kappa shape index (κ2) is 9.48. The van der Waals surface area contributed by atoms with Crippen LogP contribution < -0.4 is 5.32 Å². The number of nitrogens with zero attached hydrogens (tertiary/aromatic N) is 3. The van der Waals surface area contributed by atoms with E-state index in [-0.39, 0.29) is 23.5 Å². The number of amides is 1. The summed E-state index contributed by atoms with van der Waals surface area (Å²) in [5.74, 6) is 0.0374. The average molecular weight is 400 g/mol. The number of nitrogens with one attached hydrogen (secondary N) is 1. The van der Waals surface area contributed by atoms with Gasteiger partial charge in [0.05, 0.1) is 17.9 Å². The summed E-state index contributed by atoms with van der Waals surface area (Å²) in [6.07, 6.45) is 0. The van der Waals surface area contributed by atoms with E-state index in [0.717, 1.165) is 5.69 Å². The molecule has 2 aromatic carbocycles. The number of hydrogen-bond donors (Lipinski definition) is 1. The van der Waals surface area contributed by atoms with Crippen LogP contribution in [0.3, 0.4) is 0 Å². The standard InChI is InChI=1S/C20H21FN4O2S/c1-14(12-27-2)22-18(26)13-28-20-24-23-19(16-10-6-7-11-17(16)21)25(20)15-8-4-3-5-9-15/h3-11,14H,12-13H2,1-2H3,(H,22,26). The minimum absolute atomic E-state index is 0.0842. The van der Waals surface area contributed by atoms with Gasteiger partial charge in [-0.1, -0.05) is 42.1 Å². The van der Waals surface area contributed by atoms with E-state index in [1.165, 1.54) is 17.8 Å². The first-order chi connectivity index (χ1) is 13.6. The number of halogens is 1. The number of carbonyl (C=O) groups excluding carboxylic acids is 1. The second-order valence-electron chi connectivity index (χ2n) is 6.17. The highest BCUT2D eigenvalue weighted by molar-refractivity contribution is 7.99. The molecule has 0 aliphatic carbocycles. The molecular weight excluding hydrogens is 379 g/mol. The molecule has 6 nitrogen and oxygen atoms in total. The van der Waals surface area contributed by atoms with Gasteiger partial charge in [0.2, 0.25) is 5.91 Å². The van der Waals surface area contributed by atoms with E-state index >= 15 is 0 Å². The first-order valence-corrected chi connectivity index (χ1v) is 9.75. The quantitative estimate of drug-likeness (QED) is 0.588. The van der Waals surface area contributed by atoms with Crippen LogP contribution in [0.25, 0.3) is 17.1 Å². The van der Waals surface area contributed by atoms with Gasteiger partial charge >= 0.3 is 0 Å². The Hall–Kier alpha value is -2.71. The van der Waals surface area contributed by atoms with Crippen molar-refractivity contribution in [2.45, 2.75) is 18.1 Å². The fourth-order valence-corrected chi connectivity index (χ4v) is 3.49. The molecule has 0 radical (unpaired) electrons. The molecule has 0 spiro atoms. The molecule has 0 aliphatic heterocycles. The molecule has 8 heteroatoms. The van der Waals surface area contributed by atoms with Crippen molar-refractivity contribution in [2.24, 2.45) is 0 Å². The lowest BCUT2D eigenvalue weighted by atomic mass is 10.2. The molecule has 1 unspecified atom stereocenters. The van der Waals surface area contributed by atoms with Gasteiger partial charge in [-0.05, 0) is 31.2 Å². The molecule has 0 saturated carbocycles. The van der Waals surface area contributed by atoms with Crippen molar-refractivity contribution in [3.8, 4) is 17.1 Å². The summed E-state index contributed by atoms with van der Waals surface area (Å²) in [5.41, 5.74) is 1.14. The normalized spacial score (nSPS) is 12.0. The Bertz CT molecular complexity index is 933. The molecule has 0 bridgehead atoms. The molecule has 28 heavy (non-hydrogen) atoms. The molecule has 146 valence electrons. The topological polar surface area (TPSA) is 69.0 Å². The van der Waals surface area contributed by atoms with Gasteiger partial charge in [-0.25, -0.2) is 4.39 Å². The van der Waals surface area contributed by atoms with Crippen molar-refractivity contribution in [3.05, 3.63) is 60.4 Å². The Morgan fingerprint density at radius 1 is 1.18 bits per heavy atom. The van der Waals surface area contributed by atoms with Gasteiger partial charge in [0, 0.05) is 18.8 Å². The summed E-state index contributed by atoms with van der Waals surface area (Å²) in [4.78, 5) is 12.2. The number of thioether (sulfide) groups is 1. The fraction of sp³-hybridized carbons (Fsp3) is 0.250. The second-order valence-corrected chi connectivity index (χ2v) is 7.11. The van der Waals surface area contributed by atoms with E-state index in [4.69, 9.17) is 4.74 Å². The third kappa shape index (κ3) is 4.76. The van der Waals surface area contributed by atoms with Gasteiger partial charge in [0.25, 0.3) is 0 Å². The third-order valence-electron chi connectivity index (χ3n) is 3.92. The Labute approximate surface area is 167 Å². The van der Waals surface area contributed by atoms with E-state index in [1.807, 2.05) is 37.3 Å². The minimum atomic E-state index is -0.380. The molecule has 3 aromatic rings. The summed E-state index contributed by atoms with van der Waals surface area (Å²) in [6, 6.07) is 15.8. The lowest BCUT2D eigenvalue weighted by Gasteiger charge is -2.13. The maximum atomic E-state index is 14.3. The Balaban J connectivity index is 1.88. The van der Waals surface area contributed by atoms with E-state index < -0.39 is 0 Å². The van der Waals surface area contributed by atoms with Crippen LogP contribution in [0.4, 0.5) is 4.39 Å². The number of para-hydroxylation sites is 1. The predicted molar refractivity (Wildman–Crippen MR) is 107 cm³/mol. The Morgan fingerprint density at radius 2 is 1.89 bits per heavy atom. The molecular formula is C20H21FN4O2S. The number of carbonyl (C=O) groups is 1. The highest BCUT2D eigenvalue weighted by Crippen LogP contribution is 2.29. The van der Waals surface area contributed by atoms with Crippen molar-refractivity contribution < 1.29 is 13.9 Å². The van der Waals surface area contributed by atoms with Crippen molar-refractivity contribution in [1.29, 1.82) is 0 Å². The zero-order valence-electron chi connectivity index (χ0n) is 15.6. The largest absolute Gasteiger partial charge is 0.383 e. The molecule has 1 aromatic heterocycles. The van der Waals surface area contributed by atoms with E-state index in [9.17, 15) is 9.18 Å². The lowest BCUT2D eigenvalue weighted by molar-refractivity contribution is -0.119. The van der Waals surface area contributed by atoms with Crippen LogP contribution in [0.2, 0.25) is 0 Å². The summed E-state index contributed by atoms with van der Waals surface area (Å²) in [7, 11) is 1.59. The molecule has 3 rings (SSSR count). The molecule has 0 fully saturated rings. The lowest BCUT2D eigenvalue weighted by Crippen LogP contribution is -2.36. The van der Waals surface area contributed by atoms with Crippen LogP contribution in [0.5, 0.6) is 0 Å². The molecule has 0 aliphatic rings. The van der Waals surface area contributed by atoms with Crippen molar-refractivity contribution in [1.82, 2.24) is 20.1 Å². The van der Waals surface area contributed by atoms with Crippen molar-refractivity contribution in [2.75, 3.05) is 19.5 Å². The Kier molecular flexibility index (Phi) is 6.78. The third-order valence-corrected chi connectivity index (χ3v) is 4.85. The van der Waals surface area contributed by atoms with Crippen LogP contribution in [0.15, 0.2) is 59.8 Å². The molecule has 1 N–H and O–H groups in total. The zero-order chi connectivity index (χ0) is 19.9. The maximum absolute atomic E-state index is 14.3. The first kappa shape index (κ1) is 20.0. The Morgan fingerprint density at radius 3 is 2.61 bits per heavy atom. The number of methoxy groups -OCH3 is 1.